The highest BCUT2D eigenvalue weighted by molar-refractivity contribution is 5.81. The minimum Gasteiger partial charge on any atom is -0.381 e. The van der Waals surface area contributed by atoms with Crippen LogP contribution in [0, 0.1) is 0 Å². The summed E-state index contributed by atoms with van der Waals surface area (Å²) in [4.78, 5) is 18.0. The minimum absolute atomic E-state index is 0.107. The van der Waals surface area contributed by atoms with Gasteiger partial charge in [0, 0.05) is 25.3 Å². The maximum absolute atomic E-state index is 5.49. The lowest BCUT2D eigenvalue weighted by Gasteiger charge is -2.43. The maximum Gasteiger partial charge on any atom is 0.182 e. The van der Waals surface area contributed by atoms with Gasteiger partial charge in [-0.05, 0) is 26.9 Å². The first kappa shape index (κ1) is 13.3. The lowest BCUT2D eigenvalue weighted by Crippen LogP contribution is -2.53. The summed E-state index contributed by atoms with van der Waals surface area (Å²) in [6.45, 7) is 2.45. The predicted octanol–water partition coefficient (Wildman–Crippen LogP) is 0.876. The first-order chi connectivity index (χ1) is 9.71. The number of H-pyrrole nitrogens is 1. The highest BCUT2D eigenvalue weighted by atomic mass is 16.5. The second-order valence-electron chi connectivity index (χ2n) is 5.41. The standard InChI is InChI=1S/C13H20N6O/c1-19(2)13(3-5-20-6-4-13)7-14-11-10-12(16-8-15-10)18-9-17-11/h8-9H,3-7H2,1-2H3,(H2,14,15,16,17,18). The molecule has 1 fully saturated rings. The topological polar surface area (TPSA) is 79.0 Å². The van der Waals surface area contributed by atoms with Gasteiger partial charge in [0.05, 0.1) is 6.33 Å². The van der Waals surface area contributed by atoms with Crippen LogP contribution in [0.3, 0.4) is 0 Å². The van der Waals surface area contributed by atoms with E-state index in [1.807, 2.05) is 0 Å². The average Bonchev–Trinajstić information content (AvgIpc) is 2.95. The summed E-state index contributed by atoms with van der Waals surface area (Å²) >= 11 is 0. The molecule has 0 atom stereocenters. The van der Waals surface area contributed by atoms with Crippen LogP contribution in [-0.4, -0.2) is 64.2 Å². The van der Waals surface area contributed by atoms with Crippen molar-refractivity contribution in [1.82, 2.24) is 24.8 Å². The summed E-state index contributed by atoms with van der Waals surface area (Å²) in [5.74, 6) is 0.806. The smallest absolute Gasteiger partial charge is 0.182 e. The SMILES string of the molecule is CN(C)C1(CNc2ncnc3nc[nH]c23)CCOCC1. The lowest BCUT2D eigenvalue weighted by molar-refractivity contribution is -0.000652. The highest BCUT2D eigenvalue weighted by Gasteiger charge is 2.34. The molecule has 0 saturated carbocycles. The number of fused-ring (bicyclic) bond motifs is 1. The fourth-order valence-corrected chi connectivity index (χ4v) is 2.68. The summed E-state index contributed by atoms with van der Waals surface area (Å²) in [7, 11) is 4.25. The number of anilines is 1. The quantitative estimate of drug-likeness (QED) is 0.863. The van der Waals surface area contributed by atoms with Gasteiger partial charge in [0.2, 0.25) is 0 Å². The number of rotatable bonds is 4. The van der Waals surface area contributed by atoms with Crippen LogP contribution in [0.15, 0.2) is 12.7 Å². The molecule has 0 spiro atoms. The molecule has 0 unspecified atom stereocenters. The van der Waals surface area contributed by atoms with E-state index < -0.39 is 0 Å². The number of hydrogen-bond donors (Lipinski definition) is 2. The first-order valence-corrected chi connectivity index (χ1v) is 6.84. The Kier molecular flexibility index (Phi) is 3.54. The third-order valence-electron chi connectivity index (χ3n) is 4.18. The van der Waals surface area contributed by atoms with Crippen LogP contribution in [0.2, 0.25) is 0 Å². The highest BCUT2D eigenvalue weighted by Crippen LogP contribution is 2.27. The summed E-state index contributed by atoms with van der Waals surface area (Å²) < 4.78 is 5.49. The fourth-order valence-electron chi connectivity index (χ4n) is 2.68. The van der Waals surface area contributed by atoms with Crippen LogP contribution in [0.4, 0.5) is 5.82 Å². The van der Waals surface area contributed by atoms with E-state index in [1.54, 1.807) is 6.33 Å². The van der Waals surface area contributed by atoms with Crippen molar-refractivity contribution in [1.29, 1.82) is 0 Å². The monoisotopic (exact) mass is 276 g/mol. The third-order valence-corrected chi connectivity index (χ3v) is 4.18. The van der Waals surface area contributed by atoms with Crippen molar-refractivity contribution >= 4 is 17.0 Å². The van der Waals surface area contributed by atoms with Crippen LogP contribution < -0.4 is 5.32 Å². The molecule has 108 valence electrons. The number of imidazole rings is 1. The largest absolute Gasteiger partial charge is 0.381 e. The van der Waals surface area contributed by atoms with Gasteiger partial charge < -0.3 is 19.9 Å². The van der Waals surface area contributed by atoms with E-state index in [9.17, 15) is 0 Å². The average molecular weight is 276 g/mol. The second-order valence-corrected chi connectivity index (χ2v) is 5.41. The Balaban J connectivity index is 1.79. The van der Waals surface area contributed by atoms with Crippen LogP contribution in [0.25, 0.3) is 11.2 Å². The van der Waals surface area contributed by atoms with Crippen molar-refractivity contribution in [2.45, 2.75) is 18.4 Å². The molecule has 2 aromatic rings. The molecule has 3 rings (SSSR count). The van der Waals surface area contributed by atoms with E-state index in [4.69, 9.17) is 4.74 Å². The molecular weight excluding hydrogens is 256 g/mol. The second kappa shape index (κ2) is 5.34. The zero-order valence-corrected chi connectivity index (χ0v) is 11.9. The van der Waals surface area contributed by atoms with Gasteiger partial charge >= 0.3 is 0 Å². The van der Waals surface area contributed by atoms with Gasteiger partial charge in [0.15, 0.2) is 11.5 Å². The summed E-state index contributed by atoms with van der Waals surface area (Å²) in [6.07, 6.45) is 5.22. The molecular formula is C13H20N6O. The molecule has 3 heterocycles. The van der Waals surface area contributed by atoms with Crippen LogP contribution in [0.1, 0.15) is 12.8 Å². The molecule has 0 bridgehead atoms. The summed E-state index contributed by atoms with van der Waals surface area (Å²) in [5, 5.41) is 3.45. The number of aromatic amines is 1. The van der Waals surface area contributed by atoms with Crippen molar-refractivity contribution in [3.63, 3.8) is 0 Å². The Morgan fingerprint density at radius 2 is 2.10 bits per heavy atom. The summed E-state index contributed by atoms with van der Waals surface area (Å²) in [5.41, 5.74) is 1.65. The van der Waals surface area contributed by atoms with Crippen LogP contribution >= 0.6 is 0 Å². The molecule has 20 heavy (non-hydrogen) atoms. The molecule has 0 radical (unpaired) electrons. The number of likely N-dealkylation sites (N-methyl/N-ethyl adjacent to an activating group) is 1. The molecule has 1 aliphatic rings. The molecule has 1 aliphatic heterocycles. The summed E-state index contributed by atoms with van der Waals surface area (Å²) in [6, 6.07) is 0. The predicted molar refractivity (Wildman–Crippen MR) is 76.6 cm³/mol. The van der Waals surface area contributed by atoms with Gasteiger partial charge in [0.1, 0.15) is 11.8 Å². The number of nitrogens with one attached hydrogen (secondary N) is 2. The molecule has 2 N–H and O–H groups in total. The Bertz CT molecular complexity index is 575. The van der Waals surface area contributed by atoms with Crippen LogP contribution in [0.5, 0.6) is 0 Å². The van der Waals surface area contributed by atoms with E-state index in [-0.39, 0.29) is 5.54 Å². The molecule has 0 aromatic carbocycles. The van der Waals surface area contributed by atoms with E-state index >= 15 is 0 Å². The van der Waals surface area contributed by atoms with Gasteiger partial charge in [-0.25, -0.2) is 15.0 Å². The van der Waals surface area contributed by atoms with Gasteiger partial charge in [0.25, 0.3) is 0 Å². The Labute approximate surface area is 117 Å². The van der Waals surface area contributed by atoms with Gasteiger partial charge in [-0.15, -0.1) is 0 Å². The van der Waals surface area contributed by atoms with E-state index in [0.29, 0.717) is 5.65 Å². The maximum atomic E-state index is 5.49. The number of ether oxygens (including phenoxy) is 1. The first-order valence-electron chi connectivity index (χ1n) is 6.84. The Hall–Kier alpha value is -1.73. The number of hydrogen-bond acceptors (Lipinski definition) is 6. The zero-order chi connectivity index (χ0) is 14.0. The lowest BCUT2D eigenvalue weighted by atomic mass is 9.88. The molecule has 7 nitrogen and oxygen atoms in total. The number of nitrogens with zero attached hydrogens (tertiary/aromatic N) is 4. The molecule has 7 heteroatoms. The van der Waals surface area contributed by atoms with Crippen molar-refractivity contribution < 1.29 is 4.74 Å². The van der Waals surface area contributed by atoms with Gasteiger partial charge in [-0.3, -0.25) is 0 Å². The van der Waals surface area contributed by atoms with Gasteiger partial charge in [-0.1, -0.05) is 0 Å². The number of aromatic nitrogens is 4. The van der Waals surface area contributed by atoms with E-state index in [1.165, 1.54) is 6.33 Å². The van der Waals surface area contributed by atoms with Crippen molar-refractivity contribution in [3.8, 4) is 0 Å². The fraction of sp³-hybridized carbons (Fsp3) is 0.615. The van der Waals surface area contributed by atoms with Crippen molar-refractivity contribution in [2.24, 2.45) is 0 Å². The van der Waals surface area contributed by atoms with E-state index in [2.05, 4.69) is 44.2 Å². The minimum atomic E-state index is 0.107. The normalized spacial score (nSPS) is 18.6. The molecule has 0 amide bonds. The molecule has 1 saturated heterocycles. The van der Waals surface area contributed by atoms with Crippen molar-refractivity contribution in [3.05, 3.63) is 12.7 Å². The molecule has 2 aromatic heterocycles. The van der Waals surface area contributed by atoms with Crippen LogP contribution in [-0.2, 0) is 4.74 Å². The third kappa shape index (κ3) is 2.34. The Morgan fingerprint density at radius 1 is 1.30 bits per heavy atom. The molecule has 0 aliphatic carbocycles. The Morgan fingerprint density at radius 3 is 2.85 bits per heavy atom. The van der Waals surface area contributed by atoms with E-state index in [0.717, 1.165) is 43.9 Å². The van der Waals surface area contributed by atoms with Crippen molar-refractivity contribution in [2.75, 3.05) is 39.2 Å². The van der Waals surface area contributed by atoms with Gasteiger partial charge in [-0.2, -0.15) is 0 Å². The zero-order valence-electron chi connectivity index (χ0n) is 11.9.